The van der Waals surface area contributed by atoms with Crippen LogP contribution in [-0.4, -0.2) is 75.1 Å². The lowest BCUT2D eigenvalue weighted by Crippen LogP contribution is -2.37. The zero-order valence-corrected chi connectivity index (χ0v) is 21.3. The smallest absolute Gasteiger partial charge is 0.274 e. The number of aromatic nitrogens is 2. The van der Waals surface area contributed by atoms with Crippen LogP contribution in [0.25, 0.3) is 11.4 Å². The second kappa shape index (κ2) is 10.5. The molecular weight excluding hydrogens is 477 g/mol. The summed E-state index contributed by atoms with van der Waals surface area (Å²) in [5.41, 5.74) is 7.19. The first-order chi connectivity index (χ1) is 17.5. The summed E-state index contributed by atoms with van der Waals surface area (Å²) in [7, 11) is 5.51. The van der Waals surface area contributed by atoms with E-state index in [-0.39, 0.29) is 47.2 Å². The van der Waals surface area contributed by atoms with Gasteiger partial charge in [0.25, 0.3) is 5.91 Å². The summed E-state index contributed by atoms with van der Waals surface area (Å²) >= 11 is 0. The highest BCUT2D eigenvalue weighted by Gasteiger charge is 2.31. The van der Waals surface area contributed by atoms with Gasteiger partial charge in [0.15, 0.2) is 5.82 Å². The molecule has 0 radical (unpaired) electrons. The molecule has 2 heterocycles. The van der Waals surface area contributed by atoms with Crippen molar-refractivity contribution in [3.8, 4) is 17.1 Å². The molecule has 8 nitrogen and oxygen atoms in total. The van der Waals surface area contributed by atoms with Crippen LogP contribution in [0.4, 0.5) is 20.2 Å². The number of hydrogen-bond donors (Lipinski definition) is 3. The topological polar surface area (TPSA) is 114 Å². The molecule has 0 aliphatic carbocycles. The van der Waals surface area contributed by atoms with Crippen molar-refractivity contribution in [3.05, 3.63) is 65.5 Å². The number of aliphatic hydroxyl groups excluding tert-OH is 1. The third kappa shape index (κ3) is 5.94. The number of amides is 1. The summed E-state index contributed by atoms with van der Waals surface area (Å²) in [6.45, 7) is 1.93. The molecule has 1 aliphatic heterocycles. The lowest BCUT2D eigenvalue weighted by atomic mass is 9.52. The van der Waals surface area contributed by atoms with E-state index in [4.69, 9.17) is 10.5 Å². The number of hydrogen-bond acceptors (Lipinski definition) is 7. The monoisotopic (exact) mass is 505 g/mol. The Labute approximate surface area is 216 Å². The predicted molar refractivity (Wildman–Crippen MR) is 146 cm³/mol. The number of halogens is 2. The molecule has 0 spiro atoms. The number of aliphatic hydroxyl groups is 1. The number of carbonyl (C=O) groups excluding carboxylic acids is 1. The third-order valence-electron chi connectivity index (χ3n) is 6.00. The molecule has 1 aromatic heterocycles. The number of aryl methyl sites for hydroxylation is 1. The summed E-state index contributed by atoms with van der Waals surface area (Å²) in [5, 5.41) is 11.9. The molecule has 37 heavy (non-hydrogen) atoms. The lowest BCUT2D eigenvalue weighted by molar-refractivity contribution is 0.102. The molecule has 2 atom stereocenters. The van der Waals surface area contributed by atoms with Crippen LogP contribution in [0.3, 0.4) is 0 Å². The Hall–Kier alpha value is -3.44. The van der Waals surface area contributed by atoms with Crippen LogP contribution >= 0.6 is 0 Å². The van der Waals surface area contributed by atoms with Crippen molar-refractivity contribution in [1.29, 1.82) is 0 Å². The van der Waals surface area contributed by atoms with E-state index in [9.17, 15) is 14.3 Å². The average molecular weight is 505 g/mol. The van der Waals surface area contributed by atoms with Crippen LogP contribution in [0.2, 0.25) is 0 Å². The van der Waals surface area contributed by atoms with E-state index in [0.29, 0.717) is 24.2 Å². The normalized spacial score (nSPS) is 17.6. The number of carbonyl (C=O) groups is 1. The lowest BCUT2D eigenvalue weighted by Gasteiger charge is -2.27. The van der Waals surface area contributed by atoms with Crippen LogP contribution < -0.4 is 20.7 Å². The van der Waals surface area contributed by atoms with Gasteiger partial charge in [0, 0.05) is 24.1 Å². The van der Waals surface area contributed by atoms with Crippen LogP contribution in [-0.2, 0) is 0 Å². The zero-order chi connectivity index (χ0) is 26.9. The Balaban J connectivity index is 1.68. The second-order valence-electron chi connectivity index (χ2n) is 10.1. The molecule has 1 aliphatic rings. The van der Waals surface area contributed by atoms with Gasteiger partial charge in [-0.05, 0) is 49.2 Å². The number of benzene rings is 2. The van der Waals surface area contributed by atoms with Gasteiger partial charge in [0.1, 0.15) is 46.6 Å². The van der Waals surface area contributed by atoms with Crippen LogP contribution in [0.15, 0.2) is 42.6 Å². The number of nitrogens with zero attached hydrogens (tertiary/aromatic N) is 3. The van der Waals surface area contributed by atoms with Crippen LogP contribution in [0, 0.1) is 18.6 Å². The van der Waals surface area contributed by atoms with E-state index in [1.165, 1.54) is 30.5 Å². The van der Waals surface area contributed by atoms with Crippen molar-refractivity contribution in [3.63, 3.8) is 0 Å². The maximum Gasteiger partial charge on any atom is 0.274 e. The summed E-state index contributed by atoms with van der Waals surface area (Å²) in [5.74, 6) is -1.49. The molecule has 3 aromatic rings. The average Bonchev–Trinajstić information content (AvgIpc) is 3.21. The molecule has 190 valence electrons. The minimum absolute atomic E-state index is 0.0153. The Morgan fingerprint density at radius 3 is 2.73 bits per heavy atom. The van der Waals surface area contributed by atoms with Crippen molar-refractivity contribution in [2.75, 3.05) is 23.4 Å². The van der Waals surface area contributed by atoms with Gasteiger partial charge < -0.3 is 25.8 Å². The molecular formula is C24H28B3F2N5O3. The van der Waals surface area contributed by atoms with Gasteiger partial charge in [-0.3, -0.25) is 4.79 Å². The van der Waals surface area contributed by atoms with Gasteiger partial charge in [0.05, 0.1) is 29.6 Å². The molecule has 2 aromatic carbocycles. The summed E-state index contributed by atoms with van der Waals surface area (Å²) in [6.07, 6.45) is 1.92. The van der Waals surface area contributed by atoms with Crippen LogP contribution in [0.1, 0.15) is 22.5 Å². The van der Waals surface area contributed by atoms with E-state index in [1.54, 1.807) is 19.1 Å². The van der Waals surface area contributed by atoms with E-state index in [0.717, 1.165) is 0 Å². The van der Waals surface area contributed by atoms with Gasteiger partial charge in [0.2, 0.25) is 0 Å². The summed E-state index contributed by atoms with van der Waals surface area (Å²) in [4.78, 5) is 23.6. The summed E-state index contributed by atoms with van der Waals surface area (Å²) < 4.78 is 35.3. The fourth-order valence-corrected chi connectivity index (χ4v) is 4.36. The third-order valence-corrected chi connectivity index (χ3v) is 6.00. The first-order valence-electron chi connectivity index (χ1n) is 12.0. The van der Waals surface area contributed by atoms with E-state index in [1.807, 2.05) is 28.4 Å². The Morgan fingerprint density at radius 2 is 2.03 bits per heavy atom. The van der Waals surface area contributed by atoms with Gasteiger partial charge in [-0.2, -0.15) is 0 Å². The number of nitrogens with two attached hydrogens (primary N) is 1. The maximum atomic E-state index is 15.2. The number of ether oxygens (including phenoxy) is 1. The van der Waals surface area contributed by atoms with E-state index < -0.39 is 22.8 Å². The molecule has 4 N–H and O–H groups in total. The van der Waals surface area contributed by atoms with Gasteiger partial charge >= 0.3 is 0 Å². The molecule has 0 bridgehead atoms. The zero-order valence-electron chi connectivity index (χ0n) is 21.3. The Kier molecular flexibility index (Phi) is 7.56. The van der Waals surface area contributed by atoms with Gasteiger partial charge in [-0.25, -0.2) is 18.7 Å². The standard InChI is InChI=1S/C24H28B3F2N5O3/c1-12-2-5-19(37-24(25,26)27)20(21(12)29)22-31-7-6-16(32-22)23(36)33-17-8-13(28)3-4-18(17)34-10-14(30)9-15(34)11-35/h2-8,14-15,35H,9-11,25-27,30H2,1H3,(H,33,36)/t14-,15-/m0/s1. The molecule has 13 heteroatoms. The Bertz CT molecular complexity index is 1330. The quantitative estimate of drug-likeness (QED) is 0.381. The van der Waals surface area contributed by atoms with Gasteiger partial charge in [-0.15, -0.1) is 0 Å². The van der Waals surface area contributed by atoms with Crippen molar-refractivity contribution >= 4 is 40.8 Å². The highest BCUT2D eigenvalue weighted by Crippen LogP contribution is 2.35. The number of nitrogens with one attached hydrogen (secondary N) is 1. The highest BCUT2D eigenvalue weighted by atomic mass is 19.1. The highest BCUT2D eigenvalue weighted by molar-refractivity contribution is 6.58. The van der Waals surface area contributed by atoms with Crippen molar-refractivity contribution in [2.45, 2.75) is 30.7 Å². The van der Waals surface area contributed by atoms with E-state index in [2.05, 4.69) is 15.3 Å². The first kappa shape index (κ1) is 26.6. The SMILES string of the molecule is BC(B)(B)Oc1ccc(C)c(F)c1-c1nccc(C(=O)Nc2cc(F)ccc2N2C[C@@H](N)C[C@H]2CO)n1. The van der Waals surface area contributed by atoms with Crippen molar-refractivity contribution in [2.24, 2.45) is 5.73 Å². The van der Waals surface area contributed by atoms with Gasteiger partial charge in [-0.1, -0.05) is 6.07 Å². The molecule has 1 fully saturated rings. The summed E-state index contributed by atoms with van der Waals surface area (Å²) in [6, 6.07) is 8.23. The molecule has 1 saturated heterocycles. The largest absolute Gasteiger partial charge is 0.513 e. The predicted octanol–water partition coefficient (Wildman–Crippen LogP) is -0.230. The molecule has 0 unspecified atom stereocenters. The number of anilines is 2. The first-order valence-corrected chi connectivity index (χ1v) is 12.0. The van der Waals surface area contributed by atoms with Crippen molar-refractivity contribution in [1.82, 2.24) is 9.97 Å². The molecule has 1 amide bonds. The molecule has 4 rings (SSSR count). The maximum absolute atomic E-state index is 15.2. The van der Waals surface area contributed by atoms with Crippen molar-refractivity contribution < 1.29 is 23.4 Å². The minimum atomic E-state index is -0.633. The van der Waals surface area contributed by atoms with E-state index >= 15 is 4.39 Å². The second-order valence-corrected chi connectivity index (χ2v) is 10.1. The fourth-order valence-electron chi connectivity index (χ4n) is 4.36. The number of rotatable bonds is 7. The van der Waals surface area contributed by atoms with Crippen LogP contribution in [0.5, 0.6) is 5.75 Å². The Morgan fingerprint density at radius 1 is 1.27 bits per heavy atom. The fraction of sp³-hybridized carbons (Fsp3) is 0.292. The molecule has 0 saturated carbocycles. The minimum Gasteiger partial charge on any atom is -0.513 e.